The lowest BCUT2D eigenvalue weighted by molar-refractivity contribution is -0.150. The lowest BCUT2D eigenvalue weighted by Crippen LogP contribution is -2.43. The second kappa shape index (κ2) is 5.42. The molecule has 3 nitrogen and oxygen atoms in total. The van der Waals surface area contributed by atoms with E-state index in [1.807, 2.05) is 37.4 Å². The van der Waals surface area contributed by atoms with Crippen molar-refractivity contribution in [2.75, 3.05) is 18.5 Å². The number of hydrogen-bond donors (Lipinski definition) is 1. The number of anilines is 1. The predicted octanol–water partition coefficient (Wildman–Crippen LogP) is 3.16. The summed E-state index contributed by atoms with van der Waals surface area (Å²) in [6.07, 6.45) is 4.85. The third-order valence-electron chi connectivity index (χ3n) is 4.00. The topological polar surface area (TPSA) is 40.5 Å². The molecule has 0 aliphatic heterocycles. The summed E-state index contributed by atoms with van der Waals surface area (Å²) in [7, 11) is 1.98. The lowest BCUT2D eigenvalue weighted by Gasteiger charge is -2.37. The smallest absolute Gasteiger partial charge is 0.311 e. The summed E-state index contributed by atoms with van der Waals surface area (Å²) in [6.45, 7) is 0.604. The Morgan fingerprint density at radius 3 is 2.39 bits per heavy atom. The fourth-order valence-corrected chi connectivity index (χ4v) is 2.90. The molecule has 1 aliphatic carbocycles. The van der Waals surface area contributed by atoms with Crippen molar-refractivity contribution >= 4 is 11.7 Å². The summed E-state index contributed by atoms with van der Waals surface area (Å²) in [6, 6.07) is 10.0. The molecule has 0 aromatic heterocycles. The van der Waals surface area contributed by atoms with Gasteiger partial charge in [0, 0.05) is 19.3 Å². The molecule has 1 aromatic rings. The molecule has 0 atom stereocenters. The van der Waals surface area contributed by atoms with E-state index in [0.29, 0.717) is 6.54 Å². The van der Waals surface area contributed by atoms with E-state index in [1.54, 1.807) is 0 Å². The Morgan fingerprint density at radius 1 is 1.22 bits per heavy atom. The quantitative estimate of drug-likeness (QED) is 0.888. The number of rotatable bonds is 4. The number of aliphatic carboxylic acids is 1. The van der Waals surface area contributed by atoms with Crippen molar-refractivity contribution in [1.82, 2.24) is 0 Å². The lowest BCUT2D eigenvalue weighted by atomic mass is 9.73. The maximum absolute atomic E-state index is 11.6. The molecule has 1 fully saturated rings. The molecule has 0 spiro atoms. The van der Waals surface area contributed by atoms with Crippen LogP contribution in [0.5, 0.6) is 0 Å². The summed E-state index contributed by atoms with van der Waals surface area (Å²) in [5.74, 6) is -0.634. The molecule has 0 saturated heterocycles. The maximum Gasteiger partial charge on any atom is 0.311 e. The van der Waals surface area contributed by atoms with Gasteiger partial charge in [-0.3, -0.25) is 4.79 Å². The summed E-state index contributed by atoms with van der Waals surface area (Å²) in [5, 5.41) is 9.56. The number of hydrogen-bond acceptors (Lipinski definition) is 2. The second-order valence-corrected chi connectivity index (χ2v) is 5.34. The molecule has 0 unspecified atom stereocenters. The van der Waals surface area contributed by atoms with Gasteiger partial charge in [-0.1, -0.05) is 37.5 Å². The second-order valence-electron chi connectivity index (χ2n) is 5.34. The highest BCUT2D eigenvalue weighted by molar-refractivity contribution is 5.75. The van der Waals surface area contributed by atoms with Gasteiger partial charge < -0.3 is 10.0 Å². The number of carbonyl (C=O) groups is 1. The molecule has 1 N–H and O–H groups in total. The van der Waals surface area contributed by atoms with E-state index in [-0.39, 0.29) is 0 Å². The Hall–Kier alpha value is -1.51. The first kappa shape index (κ1) is 12.9. The van der Waals surface area contributed by atoms with Crippen molar-refractivity contribution in [2.45, 2.75) is 32.1 Å². The standard InChI is InChI=1S/C15H21NO2/c1-16(13-8-4-2-5-9-13)12-15(14(17)18)10-6-3-7-11-15/h2,4-5,8-9H,3,6-7,10-12H2,1H3,(H,17,18). The highest BCUT2D eigenvalue weighted by Gasteiger charge is 2.40. The van der Waals surface area contributed by atoms with E-state index in [0.717, 1.165) is 31.4 Å². The first-order valence-electron chi connectivity index (χ1n) is 6.64. The highest BCUT2D eigenvalue weighted by Crippen LogP contribution is 2.37. The van der Waals surface area contributed by atoms with Gasteiger partial charge in [-0.2, -0.15) is 0 Å². The molecule has 1 aromatic carbocycles. The minimum Gasteiger partial charge on any atom is -0.481 e. The predicted molar refractivity (Wildman–Crippen MR) is 72.9 cm³/mol. The minimum atomic E-state index is -0.634. The minimum absolute atomic E-state index is 0.553. The Kier molecular flexibility index (Phi) is 3.90. The zero-order valence-corrected chi connectivity index (χ0v) is 10.9. The van der Waals surface area contributed by atoms with Gasteiger partial charge in [-0.25, -0.2) is 0 Å². The molecular formula is C15H21NO2. The van der Waals surface area contributed by atoms with Crippen molar-refractivity contribution < 1.29 is 9.90 Å². The molecule has 18 heavy (non-hydrogen) atoms. The van der Waals surface area contributed by atoms with Gasteiger partial charge in [-0.15, -0.1) is 0 Å². The van der Waals surface area contributed by atoms with Crippen LogP contribution >= 0.6 is 0 Å². The van der Waals surface area contributed by atoms with Gasteiger partial charge in [0.1, 0.15) is 0 Å². The largest absolute Gasteiger partial charge is 0.481 e. The van der Waals surface area contributed by atoms with Crippen LogP contribution < -0.4 is 4.90 Å². The molecule has 0 heterocycles. The van der Waals surface area contributed by atoms with Gasteiger partial charge in [0.2, 0.25) is 0 Å². The van der Waals surface area contributed by atoms with Crippen molar-refractivity contribution in [3.63, 3.8) is 0 Å². The first-order chi connectivity index (χ1) is 8.64. The molecular weight excluding hydrogens is 226 g/mol. The van der Waals surface area contributed by atoms with E-state index in [9.17, 15) is 9.90 Å². The number of carboxylic acids is 1. The first-order valence-corrected chi connectivity index (χ1v) is 6.64. The van der Waals surface area contributed by atoms with Crippen LogP contribution in [0.25, 0.3) is 0 Å². The molecule has 0 amide bonds. The van der Waals surface area contributed by atoms with Crippen LogP contribution in [0.1, 0.15) is 32.1 Å². The Labute approximate surface area is 108 Å². The Morgan fingerprint density at radius 2 is 1.83 bits per heavy atom. The van der Waals surface area contributed by atoms with Gasteiger partial charge in [0.15, 0.2) is 0 Å². The number of carboxylic acid groups (broad SMARTS) is 1. The zero-order valence-electron chi connectivity index (χ0n) is 10.9. The molecule has 1 saturated carbocycles. The van der Waals surface area contributed by atoms with Gasteiger partial charge in [-0.05, 0) is 25.0 Å². The Bertz CT molecular complexity index is 396. The van der Waals surface area contributed by atoms with Crippen LogP contribution in [0.3, 0.4) is 0 Å². The van der Waals surface area contributed by atoms with Crippen molar-refractivity contribution in [3.05, 3.63) is 30.3 Å². The van der Waals surface area contributed by atoms with E-state index < -0.39 is 11.4 Å². The summed E-state index contributed by atoms with van der Waals surface area (Å²) in [5.41, 5.74) is 0.534. The molecule has 0 bridgehead atoms. The van der Waals surface area contributed by atoms with E-state index in [1.165, 1.54) is 6.42 Å². The summed E-state index contributed by atoms with van der Waals surface area (Å²) >= 11 is 0. The average molecular weight is 247 g/mol. The van der Waals surface area contributed by atoms with Crippen LogP contribution in [0.15, 0.2) is 30.3 Å². The van der Waals surface area contributed by atoms with Crippen LogP contribution in [0, 0.1) is 5.41 Å². The number of nitrogens with zero attached hydrogens (tertiary/aromatic N) is 1. The van der Waals surface area contributed by atoms with Crippen molar-refractivity contribution in [1.29, 1.82) is 0 Å². The molecule has 1 aliphatic rings. The third kappa shape index (κ3) is 2.66. The summed E-state index contributed by atoms with van der Waals surface area (Å²) in [4.78, 5) is 13.7. The molecule has 0 radical (unpaired) electrons. The third-order valence-corrected chi connectivity index (χ3v) is 4.00. The van der Waals surface area contributed by atoms with Gasteiger partial charge >= 0.3 is 5.97 Å². The fourth-order valence-electron chi connectivity index (χ4n) is 2.90. The van der Waals surface area contributed by atoms with Crippen LogP contribution in [-0.4, -0.2) is 24.7 Å². The van der Waals surface area contributed by atoms with E-state index in [4.69, 9.17) is 0 Å². The normalized spacial score (nSPS) is 18.3. The number of benzene rings is 1. The van der Waals surface area contributed by atoms with E-state index in [2.05, 4.69) is 4.90 Å². The fraction of sp³-hybridized carbons (Fsp3) is 0.533. The zero-order chi connectivity index (χ0) is 13.0. The molecule has 98 valence electrons. The van der Waals surface area contributed by atoms with Crippen molar-refractivity contribution in [3.8, 4) is 0 Å². The van der Waals surface area contributed by atoms with Crippen LogP contribution in [0.4, 0.5) is 5.69 Å². The van der Waals surface area contributed by atoms with Gasteiger partial charge in [0.05, 0.1) is 5.41 Å². The van der Waals surface area contributed by atoms with E-state index >= 15 is 0 Å². The Balaban J connectivity index is 2.12. The van der Waals surface area contributed by atoms with Gasteiger partial charge in [0.25, 0.3) is 0 Å². The molecule has 2 rings (SSSR count). The van der Waals surface area contributed by atoms with Crippen LogP contribution in [0.2, 0.25) is 0 Å². The highest BCUT2D eigenvalue weighted by atomic mass is 16.4. The SMILES string of the molecule is CN(CC1(C(=O)O)CCCCC1)c1ccccc1. The maximum atomic E-state index is 11.6. The monoisotopic (exact) mass is 247 g/mol. The molecule has 3 heteroatoms. The average Bonchev–Trinajstić information content (AvgIpc) is 2.40. The van der Waals surface area contributed by atoms with Crippen molar-refractivity contribution in [2.24, 2.45) is 5.41 Å². The van der Waals surface area contributed by atoms with Crippen LogP contribution in [-0.2, 0) is 4.79 Å². The number of para-hydroxylation sites is 1. The summed E-state index contributed by atoms with van der Waals surface area (Å²) < 4.78 is 0.